The molecule has 3 aromatic rings. The van der Waals surface area contributed by atoms with E-state index >= 15 is 0 Å². The highest BCUT2D eigenvalue weighted by Gasteiger charge is 2.12. The van der Waals surface area contributed by atoms with Crippen LogP contribution in [0.1, 0.15) is 18.5 Å². The first-order chi connectivity index (χ1) is 10.3. The first kappa shape index (κ1) is 12.5. The quantitative estimate of drug-likeness (QED) is 0.457. The summed E-state index contributed by atoms with van der Waals surface area (Å²) in [6.07, 6.45) is 8.65. The van der Waals surface area contributed by atoms with Gasteiger partial charge in [0.25, 0.3) is 0 Å². The number of allylic oxidation sites excluding steroid dienone is 4. The Bertz CT molecular complexity index is 910. The van der Waals surface area contributed by atoms with Gasteiger partial charge in [0, 0.05) is 10.8 Å². The molecule has 1 aliphatic carbocycles. The van der Waals surface area contributed by atoms with Crippen LogP contribution in [0, 0.1) is 0 Å². The van der Waals surface area contributed by atoms with Gasteiger partial charge in [0.05, 0.1) is 11.2 Å². The van der Waals surface area contributed by atoms with Crippen LogP contribution in [0.15, 0.2) is 54.6 Å². The fourth-order valence-corrected chi connectivity index (χ4v) is 3.01. The van der Waals surface area contributed by atoms with Crippen LogP contribution >= 0.6 is 11.6 Å². The first-order valence-corrected chi connectivity index (χ1v) is 7.43. The zero-order chi connectivity index (χ0) is 14.2. The highest BCUT2D eigenvalue weighted by atomic mass is 35.5. The molecular formula is C18H13ClN2. The number of halogens is 1. The third kappa shape index (κ3) is 2.12. The molecule has 2 nitrogen and oxygen atoms in total. The number of rotatable bonds is 1. The first-order valence-electron chi connectivity index (χ1n) is 7.05. The van der Waals surface area contributed by atoms with Crippen molar-refractivity contribution in [3.05, 3.63) is 65.6 Å². The van der Waals surface area contributed by atoms with Gasteiger partial charge in [-0.05, 0) is 41.5 Å². The lowest BCUT2D eigenvalue weighted by atomic mass is 9.99. The van der Waals surface area contributed by atoms with Gasteiger partial charge in [-0.1, -0.05) is 48.6 Å². The van der Waals surface area contributed by atoms with Crippen molar-refractivity contribution < 1.29 is 0 Å². The zero-order valence-electron chi connectivity index (χ0n) is 11.4. The Kier molecular flexibility index (Phi) is 2.97. The third-order valence-corrected chi connectivity index (χ3v) is 4.00. The molecule has 0 saturated carbocycles. The normalized spacial score (nSPS) is 14.6. The van der Waals surface area contributed by atoms with Gasteiger partial charge in [-0.25, -0.2) is 9.97 Å². The molecule has 0 N–H and O–H groups in total. The lowest BCUT2D eigenvalue weighted by molar-refractivity contribution is 1.04. The summed E-state index contributed by atoms with van der Waals surface area (Å²) in [5.41, 5.74) is 2.97. The van der Waals surface area contributed by atoms with Crippen LogP contribution in [-0.2, 0) is 0 Å². The predicted octanol–water partition coefficient (Wildman–Crippen LogP) is 5.17. The van der Waals surface area contributed by atoms with Crippen LogP contribution < -0.4 is 0 Å². The van der Waals surface area contributed by atoms with Crippen LogP contribution in [0.3, 0.4) is 0 Å². The maximum atomic E-state index is 6.17. The Morgan fingerprint density at radius 2 is 1.81 bits per heavy atom. The average molecular weight is 293 g/mol. The number of fused-ring (bicyclic) bond motifs is 3. The van der Waals surface area contributed by atoms with E-state index in [0.717, 1.165) is 40.4 Å². The molecule has 2 aromatic carbocycles. The minimum Gasteiger partial charge on any atom is -0.217 e. The van der Waals surface area contributed by atoms with Crippen molar-refractivity contribution >= 4 is 38.8 Å². The molecule has 0 atom stereocenters. The number of hydrogen-bond donors (Lipinski definition) is 0. The molecule has 4 rings (SSSR count). The van der Waals surface area contributed by atoms with Gasteiger partial charge in [0.1, 0.15) is 0 Å². The van der Waals surface area contributed by atoms with E-state index in [1.165, 1.54) is 5.39 Å². The van der Waals surface area contributed by atoms with Gasteiger partial charge in [-0.2, -0.15) is 0 Å². The van der Waals surface area contributed by atoms with Gasteiger partial charge >= 0.3 is 0 Å². The molecule has 0 radical (unpaired) electrons. The topological polar surface area (TPSA) is 25.8 Å². The molecule has 102 valence electrons. The van der Waals surface area contributed by atoms with E-state index in [-0.39, 0.29) is 0 Å². The van der Waals surface area contributed by atoms with Crippen molar-refractivity contribution in [3.8, 4) is 0 Å². The van der Waals surface area contributed by atoms with Crippen molar-refractivity contribution in [2.75, 3.05) is 0 Å². The van der Waals surface area contributed by atoms with E-state index in [4.69, 9.17) is 11.6 Å². The Balaban J connectivity index is 2.10. The molecular weight excluding hydrogens is 280 g/mol. The molecule has 0 spiro atoms. The minimum absolute atomic E-state index is 0.300. The number of aromatic nitrogens is 2. The summed E-state index contributed by atoms with van der Waals surface area (Å²) in [5.74, 6) is 0. The summed E-state index contributed by atoms with van der Waals surface area (Å²) in [6.45, 7) is 0. The summed E-state index contributed by atoms with van der Waals surface area (Å²) in [5, 5.41) is 3.63. The summed E-state index contributed by atoms with van der Waals surface area (Å²) < 4.78 is 0. The predicted molar refractivity (Wildman–Crippen MR) is 88.4 cm³/mol. The lowest BCUT2D eigenvalue weighted by Gasteiger charge is -2.11. The lowest BCUT2D eigenvalue weighted by Crippen LogP contribution is -1.96. The van der Waals surface area contributed by atoms with Crippen molar-refractivity contribution in [1.82, 2.24) is 9.97 Å². The Hall–Kier alpha value is -2.19. The standard InChI is InChI=1S/C18H13ClN2/c19-18-20-16(13-7-2-1-3-8-13)15-11-10-12-6-4-5-9-14(12)17(15)21-18/h2,4-11H,1,3H2. The van der Waals surface area contributed by atoms with Gasteiger partial charge in [-0.15, -0.1) is 0 Å². The molecule has 21 heavy (non-hydrogen) atoms. The van der Waals surface area contributed by atoms with Crippen molar-refractivity contribution in [2.24, 2.45) is 0 Å². The van der Waals surface area contributed by atoms with Crippen molar-refractivity contribution in [3.63, 3.8) is 0 Å². The van der Waals surface area contributed by atoms with Crippen LogP contribution in [0.5, 0.6) is 0 Å². The second kappa shape index (κ2) is 4.97. The molecule has 0 saturated heterocycles. The van der Waals surface area contributed by atoms with Crippen LogP contribution in [0.4, 0.5) is 0 Å². The molecule has 0 unspecified atom stereocenters. The molecule has 0 aliphatic heterocycles. The van der Waals surface area contributed by atoms with Crippen LogP contribution in [0.25, 0.3) is 27.2 Å². The van der Waals surface area contributed by atoms with Gasteiger partial charge in [0.2, 0.25) is 5.28 Å². The Morgan fingerprint density at radius 3 is 2.67 bits per heavy atom. The Labute approximate surface area is 127 Å². The summed E-state index contributed by atoms with van der Waals surface area (Å²) in [4.78, 5) is 8.93. The summed E-state index contributed by atoms with van der Waals surface area (Å²) in [6, 6.07) is 12.4. The molecule has 1 aromatic heterocycles. The molecule has 3 heteroatoms. The van der Waals surface area contributed by atoms with E-state index in [1.54, 1.807) is 0 Å². The fourth-order valence-electron chi connectivity index (χ4n) is 2.85. The maximum Gasteiger partial charge on any atom is 0.223 e. The van der Waals surface area contributed by atoms with Gasteiger partial charge in [0.15, 0.2) is 0 Å². The number of hydrogen-bond acceptors (Lipinski definition) is 2. The van der Waals surface area contributed by atoms with E-state index < -0.39 is 0 Å². The Morgan fingerprint density at radius 1 is 0.905 bits per heavy atom. The molecule has 0 fully saturated rings. The van der Waals surface area contributed by atoms with E-state index in [1.807, 2.05) is 12.1 Å². The molecule has 1 heterocycles. The highest BCUT2D eigenvalue weighted by Crippen LogP contribution is 2.31. The number of benzene rings is 2. The molecule has 0 amide bonds. The van der Waals surface area contributed by atoms with Crippen molar-refractivity contribution in [2.45, 2.75) is 12.8 Å². The monoisotopic (exact) mass is 292 g/mol. The highest BCUT2D eigenvalue weighted by molar-refractivity contribution is 6.29. The summed E-state index contributed by atoms with van der Waals surface area (Å²) >= 11 is 6.17. The van der Waals surface area contributed by atoms with E-state index in [0.29, 0.717) is 5.28 Å². The summed E-state index contributed by atoms with van der Waals surface area (Å²) in [7, 11) is 0. The van der Waals surface area contributed by atoms with E-state index in [9.17, 15) is 0 Å². The molecule has 0 bridgehead atoms. The largest absolute Gasteiger partial charge is 0.223 e. The molecule has 1 aliphatic rings. The second-order valence-electron chi connectivity index (χ2n) is 5.16. The maximum absolute atomic E-state index is 6.17. The van der Waals surface area contributed by atoms with Crippen molar-refractivity contribution in [1.29, 1.82) is 0 Å². The smallest absolute Gasteiger partial charge is 0.217 e. The fraction of sp³-hybridized carbons (Fsp3) is 0.111. The van der Waals surface area contributed by atoms with Gasteiger partial charge < -0.3 is 0 Å². The SMILES string of the molecule is Clc1nc(C2=CCCC=C2)c2ccc3ccccc3c2n1. The average Bonchev–Trinajstić information content (AvgIpc) is 2.55. The van der Waals surface area contributed by atoms with Crippen LogP contribution in [-0.4, -0.2) is 9.97 Å². The van der Waals surface area contributed by atoms with Crippen LogP contribution in [0.2, 0.25) is 5.28 Å². The second-order valence-corrected chi connectivity index (χ2v) is 5.50. The van der Waals surface area contributed by atoms with Gasteiger partial charge in [-0.3, -0.25) is 0 Å². The van der Waals surface area contributed by atoms with E-state index in [2.05, 4.69) is 52.5 Å². The number of nitrogens with zero attached hydrogens (tertiary/aromatic N) is 2. The minimum atomic E-state index is 0.300. The zero-order valence-corrected chi connectivity index (χ0v) is 12.1. The third-order valence-electron chi connectivity index (χ3n) is 3.83.